The number of hydrogen-bond acceptors (Lipinski definition) is 5. The van der Waals surface area contributed by atoms with Crippen molar-refractivity contribution in [2.45, 2.75) is 19.5 Å². The number of anilines is 1. The second-order valence-electron chi connectivity index (χ2n) is 5.51. The van der Waals surface area contributed by atoms with E-state index in [0.29, 0.717) is 36.1 Å². The fourth-order valence-electron chi connectivity index (χ4n) is 2.55. The van der Waals surface area contributed by atoms with Gasteiger partial charge in [0.05, 0.1) is 5.52 Å². The first-order chi connectivity index (χ1) is 12.1. The standard InChI is InChI=1S/C17H18ClN5O2/c18-12-5-2-1-4-11(12)10-20-17-22-16-14(23(17)8-3-9-24)7-6-13(21-16)15(19)25/h1-2,4-7,24H,3,8-10H2,(H2,19,25)(H,20,21,22). The van der Waals surface area contributed by atoms with Gasteiger partial charge in [-0.15, -0.1) is 0 Å². The first kappa shape index (κ1) is 17.2. The Bertz CT molecular complexity index is 909. The van der Waals surface area contributed by atoms with E-state index in [2.05, 4.69) is 15.3 Å². The third-order valence-electron chi connectivity index (χ3n) is 3.80. The number of carbonyl (C=O) groups excluding carboxylic acids is 1. The number of nitrogens with zero attached hydrogens (tertiary/aromatic N) is 3. The summed E-state index contributed by atoms with van der Waals surface area (Å²) in [7, 11) is 0. The lowest BCUT2D eigenvalue weighted by atomic mass is 10.2. The Hall–Kier alpha value is -2.64. The van der Waals surface area contributed by atoms with Crippen molar-refractivity contribution >= 4 is 34.6 Å². The van der Waals surface area contributed by atoms with Crippen molar-refractivity contribution in [3.8, 4) is 0 Å². The summed E-state index contributed by atoms with van der Waals surface area (Å²) in [6.07, 6.45) is 0.573. The molecular weight excluding hydrogens is 342 g/mol. The van der Waals surface area contributed by atoms with Crippen molar-refractivity contribution in [2.24, 2.45) is 5.73 Å². The highest BCUT2D eigenvalue weighted by Crippen LogP contribution is 2.21. The summed E-state index contributed by atoms with van der Waals surface area (Å²) in [5, 5.41) is 13.1. The second kappa shape index (κ2) is 7.50. The number of aromatic nitrogens is 3. The van der Waals surface area contributed by atoms with Crippen molar-refractivity contribution < 1.29 is 9.90 Å². The molecule has 0 aliphatic rings. The van der Waals surface area contributed by atoms with E-state index in [4.69, 9.17) is 22.4 Å². The average Bonchev–Trinajstić information content (AvgIpc) is 2.95. The molecule has 0 spiro atoms. The van der Waals surface area contributed by atoms with Crippen LogP contribution in [-0.4, -0.2) is 32.2 Å². The van der Waals surface area contributed by atoms with Gasteiger partial charge in [-0.25, -0.2) is 4.98 Å². The molecule has 8 heteroatoms. The molecule has 3 rings (SSSR count). The van der Waals surface area contributed by atoms with E-state index in [1.165, 1.54) is 0 Å². The van der Waals surface area contributed by atoms with Gasteiger partial charge in [0.2, 0.25) is 5.95 Å². The number of rotatable bonds is 7. The maximum absolute atomic E-state index is 11.3. The normalized spacial score (nSPS) is 11.0. The molecule has 130 valence electrons. The lowest BCUT2D eigenvalue weighted by molar-refractivity contribution is 0.0996. The summed E-state index contributed by atoms with van der Waals surface area (Å²) < 4.78 is 1.92. The zero-order valence-electron chi connectivity index (χ0n) is 13.4. The SMILES string of the molecule is NC(=O)c1ccc2c(n1)nc(NCc1ccccc1Cl)n2CCCO. The Balaban J connectivity index is 1.94. The van der Waals surface area contributed by atoms with Crippen LogP contribution in [0.5, 0.6) is 0 Å². The zero-order chi connectivity index (χ0) is 17.8. The van der Waals surface area contributed by atoms with Gasteiger partial charge in [0, 0.05) is 24.7 Å². The number of amides is 1. The van der Waals surface area contributed by atoms with Crippen LogP contribution >= 0.6 is 11.6 Å². The number of fused-ring (bicyclic) bond motifs is 1. The molecule has 0 saturated heterocycles. The van der Waals surface area contributed by atoms with Crippen molar-refractivity contribution in [1.82, 2.24) is 14.5 Å². The molecule has 0 saturated carbocycles. The topological polar surface area (TPSA) is 106 Å². The Kier molecular flexibility index (Phi) is 5.16. The molecule has 2 aromatic heterocycles. The monoisotopic (exact) mass is 359 g/mol. The molecule has 3 aromatic rings. The first-order valence-corrected chi connectivity index (χ1v) is 8.23. The van der Waals surface area contributed by atoms with Crippen molar-refractivity contribution in [3.05, 3.63) is 52.7 Å². The summed E-state index contributed by atoms with van der Waals surface area (Å²) in [6, 6.07) is 10.9. The van der Waals surface area contributed by atoms with Crippen molar-refractivity contribution in [2.75, 3.05) is 11.9 Å². The smallest absolute Gasteiger partial charge is 0.267 e. The highest BCUT2D eigenvalue weighted by molar-refractivity contribution is 6.31. The largest absolute Gasteiger partial charge is 0.396 e. The maximum atomic E-state index is 11.3. The lowest BCUT2D eigenvalue weighted by Crippen LogP contribution is -2.12. The number of nitrogens with one attached hydrogen (secondary N) is 1. The Morgan fingerprint density at radius 3 is 2.76 bits per heavy atom. The van der Waals surface area contributed by atoms with Crippen molar-refractivity contribution in [3.63, 3.8) is 0 Å². The summed E-state index contributed by atoms with van der Waals surface area (Å²) >= 11 is 6.18. The van der Waals surface area contributed by atoms with Gasteiger partial charge in [0.15, 0.2) is 5.65 Å². The molecule has 2 heterocycles. The van der Waals surface area contributed by atoms with E-state index in [1.807, 2.05) is 28.8 Å². The predicted molar refractivity (Wildman–Crippen MR) is 96.5 cm³/mol. The Labute approximate surface area is 149 Å². The van der Waals surface area contributed by atoms with Crippen LogP contribution in [0, 0.1) is 0 Å². The second-order valence-corrected chi connectivity index (χ2v) is 5.92. The first-order valence-electron chi connectivity index (χ1n) is 7.85. The van der Waals surface area contributed by atoms with Gasteiger partial charge in [0.1, 0.15) is 5.69 Å². The van der Waals surface area contributed by atoms with Crippen LogP contribution in [0.3, 0.4) is 0 Å². The van der Waals surface area contributed by atoms with E-state index in [-0.39, 0.29) is 12.3 Å². The number of primary amides is 1. The Morgan fingerprint density at radius 2 is 2.04 bits per heavy atom. The minimum atomic E-state index is -0.600. The molecule has 0 atom stereocenters. The minimum Gasteiger partial charge on any atom is -0.396 e. The molecule has 0 aliphatic carbocycles. The molecule has 0 radical (unpaired) electrons. The predicted octanol–water partition coefficient (Wildman–Crippen LogP) is 2.18. The molecule has 25 heavy (non-hydrogen) atoms. The molecule has 0 bridgehead atoms. The molecule has 7 nitrogen and oxygen atoms in total. The van der Waals surface area contributed by atoms with Crippen LogP contribution in [0.2, 0.25) is 5.02 Å². The van der Waals surface area contributed by atoms with Crippen LogP contribution in [0.1, 0.15) is 22.5 Å². The number of aliphatic hydroxyl groups excluding tert-OH is 1. The molecule has 0 aliphatic heterocycles. The van der Waals surface area contributed by atoms with E-state index in [1.54, 1.807) is 12.1 Å². The van der Waals surface area contributed by atoms with Crippen LogP contribution in [-0.2, 0) is 13.1 Å². The van der Waals surface area contributed by atoms with Gasteiger partial charge in [-0.3, -0.25) is 4.79 Å². The van der Waals surface area contributed by atoms with E-state index in [0.717, 1.165) is 11.1 Å². The van der Waals surface area contributed by atoms with E-state index in [9.17, 15) is 4.79 Å². The summed E-state index contributed by atoms with van der Waals surface area (Å²) in [5.74, 6) is -0.00475. The zero-order valence-corrected chi connectivity index (χ0v) is 14.2. The van der Waals surface area contributed by atoms with Crippen LogP contribution < -0.4 is 11.1 Å². The molecule has 0 unspecified atom stereocenters. The number of halogens is 1. The summed E-state index contributed by atoms with van der Waals surface area (Å²) in [4.78, 5) is 20.0. The molecule has 1 amide bonds. The van der Waals surface area contributed by atoms with Gasteiger partial charge in [-0.05, 0) is 30.2 Å². The highest BCUT2D eigenvalue weighted by atomic mass is 35.5. The maximum Gasteiger partial charge on any atom is 0.267 e. The molecule has 1 aromatic carbocycles. The third-order valence-corrected chi connectivity index (χ3v) is 4.17. The average molecular weight is 360 g/mol. The van der Waals surface area contributed by atoms with Crippen LogP contribution in [0.4, 0.5) is 5.95 Å². The number of nitrogens with two attached hydrogens (primary N) is 1. The minimum absolute atomic E-state index is 0.0659. The van der Waals surface area contributed by atoms with Gasteiger partial charge < -0.3 is 20.7 Å². The molecular formula is C17H18ClN5O2. The number of pyridine rings is 1. The fraction of sp³-hybridized carbons (Fsp3) is 0.235. The van der Waals surface area contributed by atoms with Gasteiger partial charge in [0.25, 0.3) is 5.91 Å². The number of hydrogen-bond donors (Lipinski definition) is 3. The Morgan fingerprint density at radius 1 is 1.24 bits per heavy atom. The van der Waals surface area contributed by atoms with Crippen LogP contribution in [0.15, 0.2) is 36.4 Å². The quantitative estimate of drug-likeness (QED) is 0.599. The van der Waals surface area contributed by atoms with Crippen LogP contribution in [0.25, 0.3) is 11.2 Å². The fourth-order valence-corrected chi connectivity index (χ4v) is 2.75. The van der Waals surface area contributed by atoms with E-state index < -0.39 is 5.91 Å². The number of aryl methyl sites for hydroxylation is 1. The number of carbonyl (C=O) groups is 1. The molecule has 0 fully saturated rings. The highest BCUT2D eigenvalue weighted by Gasteiger charge is 2.14. The number of imidazole rings is 1. The van der Waals surface area contributed by atoms with E-state index >= 15 is 0 Å². The lowest BCUT2D eigenvalue weighted by Gasteiger charge is -2.11. The third kappa shape index (κ3) is 3.72. The van der Waals surface area contributed by atoms with Gasteiger partial charge >= 0.3 is 0 Å². The summed E-state index contributed by atoms with van der Waals surface area (Å²) in [5.41, 5.74) is 7.58. The molecule has 4 N–H and O–H groups in total. The number of aliphatic hydroxyl groups is 1. The van der Waals surface area contributed by atoms with Gasteiger partial charge in [-0.1, -0.05) is 29.8 Å². The van der Waals surface area contributed by atoms with Gasteiger partial charge in [-0.2, -0.15) is 4.98 Å². The summed E-state index contributed by atoms with van der Waals surface area (Å²) in [6.45, 7) is 1.12. The number of benzene rings is 1. The van der Waals surface area contributed by atoms with Crippen molar-refractivity contribution in [1.29, 1.82) is 0 Å².